The Hall–Kier alpha value is 0.210. The molecule has 0 aromatic heterocycles. The van der Waals surface area contributed by atoms with E-state index in [0.717, 1.165) is 12.8 Å². The second kappa shape index (κ2) is 5.84. The third-order valence-corrected chi connectivity index (χ3v) is 2.78. The highest BCUT2D eigenvalue weighted by Gasteiger charge is 2.22. The van der Waals surface area contributed by atoms with Crippen molar-refractivity contribution in [3.05, 3.63) is 0 Å². The number of halogens is 2. The largest absolute Gasteiger partial charge is 0.365 e. The molecule has 0 aromatic carbocycles. The van der Waals surface area contributed by atoms with Gasteiger partial charge in [0.2, 0.25) is 0 Å². The molecule has 76 valence electrons. The van der Waals surface area contributed by atoms with Crippen molar-refractivity contribution in [2.45, 2.75) is 49.1 Å². The van der Waals surface area contributed by atoms with E-state index in [9.17, 15) is 4.79 Å². The summed E-state index contributed by atoms with van der Waals surface area (Å²) in [5, 5.41) is 0. The summed E-state index contributed by atoms with van der Waals surface area (Å²) in [6.45, 7) is 0. The smallest absolute Gasteiger partial charge is 0.151 e. The zero-order valence-corrected chi connectivity index (χ0v) is 8.93. The first-order chi connectivity index (χ1) is 6.24. The van der Waals surface area contributed by atoms with E-state index in [0.29, 0.717) is 6.29 Å². The van der Waals surface area contributed by atoms with Crippen LogP contribution in [0.2, 0.25) is 0 Å². The summed E-state index contributed by atoms with van der Waals surface area (Å²) in [4.78, 5) is 9.78. The van der Waals surface area contributed by atoms with Gasteiger partial charge in [0, 0.05) is 0 Å². The highest BCUT2D eigenvalue weighted by molar-refractivity contribution is 6.45. The molecule has 0 spiro atoms. The second-order valence-corrected chi connectivity index (χ2v) is 4.50. The van der Waals surface area contributed by atoms with Gasteiger partial charge >= 0.3 is 0 Å². The van der Waals surface area contributed by atoms with Gasteiger partial charge in [-0.05, 0) is 12.8 Å². The normalized spacial score (nSPS) is 21.8. The Balaban J connectivity index is 2.31. The molecule has 1 unspecified atom stereocenters. The minimum Gasteiger partial charge on any atom is -0.365 e. The van der Waals surface area contributed by atoms with Gasteiger partial charge in [0.15, 0.2) is 6.29 Å². The highest BCUT2D eigenvalue weighted by atomic mass is 35.5. The van der Waals surface area contributed by atoms with Crippen molar-refractivity contribution in [2.24, 2.45) is 0 Å². The molecular formula is C9H14Cl2O2. The van der Waals surface area contributed by atoms with Crippen LogP contribution in [-0.4, -0.2) is 23.3 Å². The Morgan fingerprint density at radius 1 is 1.23 bits per heavy atom. The molecule has 0 radical (unpaired) electrons. The van der Waals surface area contributed by atoms with Crippen LogP contribution < -0.4 is 0 Å². The van der Waals surface area contributed by atoms with E-state index in [4.69, 9.17) is 27.9 Å². The fraction of sp³-hybridized carbons (Fsp3) is 0.889. The second-order valence-electron chi connectivity index (χ2n) is 3.33. The Morgan fingerprint density at radius 3 is 2.31 bits per heavy atom. The molecule has 0 bridgehead atoms. The van der Waals surface area contributed by atoms with E-state index >= 15 is 0 Å². The predicted molar refractivity (Wildman–Crippen MR) is 53.3 cm³/mol. The fourth-order valence-electron chi connectivity index (χ4n) is 1.57. The van der Waals surface area contributed by atoms with E-state index in [2.05, 4.69) is 0 Å². The van der Waals surface area contributed by atoms with Gasteiger partial charge in [0.1, 0.15) is 10.9 Å². The molecule has 2 nitrogen and oxygen atoms in total. The molecule has 1 atom stereocenters. The van der Waals surface area contributed by atoms with Crippen molar-refractivity contribution >= 4 is 29.5 Å². The lowest BCUT2D eigenvalue weighted by Crippen LogP contribution is -2.29. The standard InChI is InChI=1S/C9H14Cl2O2/c10-9(11)8(6-12)13-7-4-2-1-3-5-7/h6-9H,1-5H2. The van der Waals surface area contributed by atoms with Crippen LogP contribution in [0.1, 0.15) is 32.1 Å². The van der Waals surface area contributed by atoms with E-state index in [1.807, 2.05) is 0 Å². The topological polar surface area (TPSA) is 26.3 Å². The van der Waals surface area contributed by atoms with Crippen molar-refractivity contribution in [1.82, 2.24) is 0 Å². The zero-order valence-electron chi connectivity index (χ0n) is 7.42. The van der Waals surface area contributed by atoms with E-state index in [1.54, 1.807) is 0 Å². The maximum absolute atomic E-state index is 10.5. The molecule has 1 rings (SSSR count). The summed E-state index contributed by atoms with van der Waals surface area (Å²) in [7, 11) is 0. The van der Waals surface area contributed by atoms with Crippen molar-refractivity contribution in [1.29, 1.82) is 0 Å². The van der Waals surface area contributed by atoms with Crippen LogP contribution in [0, 0.1) is 0 Å². The van der Waals surface area contributed by atoms with Crippen LogP contribution in [0.5, 0.6) is 0 Å². The highest BCUT2D eigenvalue weighted by Crippen LogP contribution is 2.23. The van der Waals surface area contributed by atoms with Crippen LogP contribution in [-0.2, 0) is 9.53 Å². The molecule has 1 aliphatic rings. The summed E-state index contributed by atoms with van der Waals surface area (Å²) < 4.78 is 5.47. The monoisotopic (exact) mass is 224 g/mol. The Bertz CT molecular complexity index is 156. The summed E-state index contributed by atoms with van der Waals surface area (Å²) >= 11 is 11.1. The number of alkyl halides is 2. The summed E-state index contributed by atoms with van der Waals surface area (Å²) in [5.41, 5.74) is 0. The first kappa shape index (κ1) is 11.3. The molecule has 0 aliphatic heterocycles. The number of hydrogen-bond acceptors (Lipinski definition) is 2. The molecule has 0 aromatic rings. The lowest BCUT2D eigenvalue weighted by molar-refractivity contribution is -0.122. The minimum absolute atomic E-state index is 0.170. The summed E-state index contributed by atoms with van der Waals surface area (Å²) in [6.07, 6.45) is 5.83. The van der Waals surface area contributed by atoms with Gasteiger partial charge in [-0.25, -0.2) is 0 Å². The molecule has 0 N–H and O–H groups in total. The van der Waals surface area contributed by atoms with Gasteiger partial charge in [-0.15, -0.1) is 23.2 Å². The molecular weight excluding hydrogens is 211 g/mol. The number of carbonyl (C=O) groups is 1. The lowest BCUT2D eigenvalue weighted by atomic mass is 9.98. The summed E-state index contributed by atoms with van der Waals surface area (Å²) in [6, 6.07) is 0. The molecule has 0 amide bonds. The van der Waals surface area contributed by atoms with Crippen LogP contribution in [0.3, 0.4) is 0 Å². The van der Waals surface area contributed by atoms with Crippen LogP contribution in [0.25, 0.3) is 0 Å². The average molecular weight is 225 g/mol. The SMILES string of the molecule is O=CC(OC1CCCCC1)C(Cl)Cl. The molecule has 0 heterocycles. The quantitative estimate of drug-likeness (QED) is 0.543. The van der Waals surface area contributed by atoms with Crippen LogP contribution in [0.15, 0.2) is 0 Å². The van der Waals surface area contributed by atoms with Crippen molar-refractivity contribution in [3.63, 3.8) is 0 Å². The van der Waals surface area contributed by atoms with Gasteiger partial charge in [0.05, 0.1) is 6.10 Å². The number of ether oxygens (including phenoxy) is 1. The van der Waals surface area contributed by atoms with Crippen molar-refractivity contribution in [2.75, 3.05) is 0 Å². The average Bonchev–Trinajstić information content (AvgIpc) is 2.15. The number of hydrogen-bond donors (Lipinski definition) is 0. The Kier molecular flexibility index (Phi) is 5.07. The molecule has 1 aliphatic carbocycles. The lowest BCUT2D eigenvalue weighted by Gasteiger charge is -2.25. The zero-order chi connectivity index (χ0) is 9.68. The third-order valence-electron chi connectivity index (χ3n) is 2.28. The van der Waals surface area contributed by atoms with Crippen LogP contribution in [0.4, 0.5) is 0 Å². The van der Waals surface area contributed by atoms with E-state index in [1.165, 1.54) is 19.3 Å². The maximum atomic E-state index is 10.5. The molecule has 0 saturated heterocycles. The predicted octanol–water partition coefficient (Wildman–Crippen LogP) is 2.71. The minimum atomic E-state index is -0.751. The number of carbonyl (C=O) groups excluding carboxylic acids is 1. The fourth-order valence-corrected chi connectivity index (χ4v) is 1.81. The molecule has 4 heteroatoms. The number of aldehydes is 1. The third kappa shape index (κ3) is 3.84. The van der Waals surface area contributed by atoms with Gasteiger partial charge in [0.25, 0.3) is 0 Å². The first-order valence-electron chi connectivity index (χ1n) is 4.63. The van der Waals surface area contributed by atoms with Crippen LogP contribution >= 0.6 is 23.2 Å². The number of rotatable bonds is 4. The Morgan fingerprint density at radius 2 is 1.85 bits per heavy atom. The van der Waals surface area contributed by atoms with Gasteiger partial charge in [-0.3, -0.25) is 0 Å². The van der Waals surface area contributed by atoms with Crippen molar-refractivity contribution < 1.29 is 9.53 Å². The Labute approximate surface area is 88.5 Å². The van der Waals surface area contributed by atoms with Gasteiger partial charge < -0.3 is 9.53 Å². The van der Waals surface area contributed by atoms with E-state index < -0.39 is 10.9 Å². The maximum Gasteiger partial charge on any atom is 0.151 e. The molecule has 1 fully saturated rings. The first-order valence-corrected chi connectivity index (χ1v) is 5.50. The summed E-state index contributed by atoms with van der Waals surface area (Å²) in [5.74, 6) is 0. The van der Waals surface area contributed by atoms with Gasteiger partial charge in [-0.2, -0.15) is 0 Å². The van der Waals surface area contributed by atoms with Gasteiger partial charge in [-0.1, -0.05) is 19.3 Å². The molecule has 13 heavy (non-hydrogen) atoms. The molecule has 1 saturated carbocycles. The van der Waals surface area contributed by atoms with Crippen molar-refractivity contribution in [3.8, 4) is 0 Å². The van der Waals surface area contributed by atoms with E-state index in [-0.39, 0.29) is 6.10 Å².